The van der Waals surface area contributed by atoms with Crippen LogP contribution in [0.3, 0.4) is 0 Å². The van der Waals surface area contributed by atoms with E-state index < -0.39 is 125 Å². The van der Waals surface area contributed by atoms with E-state index in [1.54, 1.807) is 0 Å². The first kappa shape index (κ1) is 47.7. The van der Waals surface area contributed by atoms with Gasteiger partial charge in [0, 0.05) is 52.4 Å². The van der Waals surface area contributed by atoms with Crippen molar-refractivity contribution in [3.05, 3.63) is 0 Å². The molecule has 53 heavy (non-hydrogen) atoms. The van der Waals surface area contributed by atoms with E-state index in [0.717, 1.165) is 19.6 Å². The van der Waals surface area contributed by atoms with Gasteiger partial charge in [0.2, 0.25) is 0 Å². The highest BCUT2D eigenvalue weighted by atomic mass is 16.6. The summed E-state index contributed by atoms with van der Waals surface area (Å²) in [5.74, 6) is -13.4. The zero-order chi connectivity index (χ0) is 40.7. The summed E-state index contributed by atoms with van der Waals surface area (Å²) in [6, 6.07) is 0. The summed E-state index contributed by atoms with van der Waals surface area (Å²) in [4.78, 5) is 121. The standard InChI is InChI=1S/C28H44N6O19/c35-19(36)9-29(1-5-31(11-21(39)40)12-22(41)42)3-7-33(15-25(47)48)17-27(51)53-28(52)18-34(16-26(49)50)8-4-30(10-20(37)38)2-6-32(13-23(43)44)14-24(45)46/h1-18H2,(H,35,36)(H,37,38)(H,39,40)(H,41,42)(H,43,44)(H,45,46)(H,47,48)(H,49,50). The molecular weight excluding hydrogens is 724 g/mol. The van der Waals surface area contributed by atoms with Gasteiger partial charge in [-0.15, -0.1) is 0 Å². The first-order chi connectivity index (χ1) is 24.6. The topological polar surface area (TPSA) is 361 Å². The molecule has 0 rings (SSSR count). The van der Waals surface area contributed by atoms with Crippen molar-refractivity contribution >= 4 is 59.7 Å². The van der Waals surface area contributed by atoms with Crippen LogP contribution in [0.1, 0.15) is 0 Å². The van der Waals surface area contributed by atoms with E-state index in [0.29, 0.717) is 0 Å². The number of carbonyl (C=O) groups excluding carboxylic acids is 2. The molecule has 0 aromatic carbocycles. The van der Waals surface area contributed by atoms with Crippen LogP contribution in [0.25, 0.3) is 0 Å². The Morgan fingerprint density at radius 2 is 0.415 bits per heavy atom. The Hall–Kier alpha value is -5.34. The average molecular weight is 769 g/mol. The van der Waals surface area contributed by atoms with Crippen LogP contribution in [0.5, 0.6) is 0 Å². The molecule has 0 unspecified atom stereocenters. The van der Waals surface area contributed by atoms with Gasteiger partial charge in [-0.1, -0.05) is 0 Å². The fraction of sp³-hybridized carbons (Fsp3) is 0.643. The van der Waals surface area contributed by atoms with Crippen molar-refractivity contribution in [1.29, 1.82) is 0 Å². The quantitative estimate of drug-likeness (QED) is 0.0234. The monoisotopic (exact) mass is 768 g/mol. The molecule has 0 aliphatic heterocycles. The fourth-order valence-corrected chi connectivity index (χ4v) is 4.61. The van der Waals surface area contributed by atoms with Gasteiger partial charge in [-0.3, -0.25) is 77.3 Å². The van der Waals surface area contributed by atoms with Crippen molar-refractivity contribution in [3.63, 3.8) is 0 Å². The van der Waals surface area contributed by atoms with Crippen molar-refractivity contribution < 1.29 is 93.5 Å². The van der Waals surface area contributed by atoms with Crippen molar-refractivity contribution in [2.45, 2.75) is 0 Å². The van der Waals surface area contributed by atoms with Crippen molar-refractivity contribution in [2.75, 3.05) is 118 Å². The normalized spacial score (nSPS) is 11.4. The van der Waals surface area contributed by atoms with Crippen molar-refractivity contribution in [3.8, 4) is 0 Å². The van der Waals surface area contributed by atoms with Gasteiger partial charge < -0.3 is 45.6 Å². The van der Waals surface area contributed by atoms with Gasteiger partial charge in [0.25, 0.3) is 0 Å². The molecule has 0 spiro atoms. The second-order valence-electron chi connectivity index (χ2n) is 11.4. The number of carbonyl (C=O) groups is 10. The molecule has 0 aromatic heterocycles. The Morgan fingerprint density at radius 3 is 0.604 bits per heavy atom. The summed E-state index contributed by atoms with van der Waals surface area (Å²) in [5.41, 5.74) is 0. The molecule has 0 fully saturated rings. The summed E-state index contributed by atoms with van der Waals surface area (Å²) in [6.45, 7) is -8.79. The maximum Gasteiger partial charge on any atom is 0.327 e. The zero-order valence-electron chi connectivity index (χ0n) is 28.5. The van der Waals surface area contributed by atoms with E-state index in [9.17, 15) is 68.4 Å². The fourth-order valence-electron chi connectivity index (χ4n) is 4.61. The van der Waals surface area contributed by atoms with E-state index in [1.807, 2.05) is 0 Å². The maximum absolute atomic E-state index is 12.6. The third-order valence-electron chi connectivity index (χ3n) is 6.73. The number of aliphatic carboxylic acids is 8. The number of ether oxygens (including phenoxy) is 1. The third kappa shape index (κ3) is 27.0. The Balaban J connectivity index is 5.50. The van der Waals surface area contributed by atoms with Crippen LogP contribution >= 0.6 is 0 Å². The minimum absolute atomic E-state index is 0.164. The highest BCUT2D eigenvalue weighted by Gasteiger charge is 2.24. The Morgan fingerprint density at radius 1 is 0.264 bits per heavy atom. The molecule has 8 N–H and O–H groups in total. The molecule has 0 aliphatic rings. The van der Waals surface area contributed by atoms with E-state index in [4.69, 9.17) is 25.2 Å². The SMILES string of the molecule is O=C(O)CN(CCN(CC(=O)O)CC(=O)O)CCN(CC(=O)O)CC(=O)OC(=O)CN(CCN(CCN(CC(=O)O)CC(=O)O)CC(=O)O)CC(=O)O. The largest absolute Gasteiger partial charge is 0.480 e. The Bertz CT molecular complexity index is 1190. The molecule has 0 heterocycles. The lowest BCUT2D eigenvalue weighted by molar-refractivity contribution is -0.162. The average Bonchev–Trinajstić information content (AvgIpc) is 2.97. The van der Waals surface area contributed by atoms with Crippen LogP contribution in [-0.2, 0) is 52.7 Å². The first-order valence-electron chi connectivity index (χ1n) is 15.5. The van der Waals surface area contributed by atoms with Gasteiger partial charge in [-0.25, -0.2) is 0 Å². The van der Waals surface area contributed by atoms with E-state index in [-0.39, 0.29) is 52.4 Å². The van der Waals surface area contributed by atoms with Gasteiger partial charge in [-0.05, 0) is 0 Å². The van der Waals surface area contributed by atoms with Gasteiger partial charge in [0.1, 0.15) is 0 Å². The summed E-state index contributed by atoms with van der Waals surface area (Å²) < 4.78 is 4.72. The summed E-state index contributed by atoms with van der Waals surface area (Å²) in [5, 5.41) is 73.1. The number of hydrogen-bond acceptors (Lipinski definition) is 17. The number of hydrogen-bond donors (Lipinski definition) is 8. The highest BCUT2D eigenvalue weighted by molar-refractivity contribution is 5.88. The van der Waals surface area contributed by atoms with E-state index in [2.05, 4.69) is 0 Å². The molecule has 0 aliphatic carbocycles. The van der Waals surface area contributed by atoms with Crippen LogP contribution in [0.15, 0.2) is 0 Å². The van der Waals surface area contributed by atoms with Gasteiger partial charge in [-0.2, -0.15) is 0 Å². The number of carboxylic acid groups (broad SMARTS) is 8. The molecule has 0 amide bonds. The minimum atomic E-state index is -1.42. The van der Waals surface area contributed by atoms with Crippen LogP contribution in [0, 0.1) is 0 Å². The maximum atomic E-state index is 12.6. The van der Waals surface area contributed by atoms with Gasteiger partial charge in [0.15, 0.2) is 0 Å². The first-order valence-corrected chi connectivity index (χ1v) is 15.5. The number of rotatable bonds is 32. The second kappa shape index (κ2) is 25.6. The van der Waals surface area contributed by atoms with Gasteiger partial charge >= 0.3 is 59.7 Å². The molecule has 25 heteroatoms. The molecule has 0 saturated heterocycles. The zero-order valence-corrected chi connectivity index (χ0v) is 28.5. The molecule has 0 radical (unpaired) electrons. The van der Waals surface area contributed by atoms with Crippen LogP contribution in [-0.4, -0.2) is 248 Å². The van der Waals surface area contributed by atoms with E-state index >= 15 is 0 Å². The molecule has 25 nitrogen and oxygen atoms in total. The second-order valence-corrected chi connectivity index (χ2v) is 11.4. The predicted octanol–water partition coefficient (Wildman–Crippen LogP) is -5.46. The van der Waals surface area contributed by atoms with Crippen LogP contribution < -0.4 is 0 Å². The number of carboxylic acids is 8. The Kier molecular flexibility index (Phi) is 23.0. The van der Waals surface area contributed by atoms with Crippen molar-refractivity contribution in [2.24, 2.45) is 0 Å². The smallest absolute Gasteiger partial charge is 0.327 e. The molecule has 0 atom stereocenters. The van der Waals surface area contributed by atoms with E-state index in [1.165, 1.54) is 9.80 Å². The number of nitrogens with zero attached hydrogens (tertiary/aromatic N) is 6. The summed E-state index contributed by atoms with van der Waals surface area (Å²) in [7, 11) is 0. The van der Waals surface area contributed by atoms with Crippen LogP contribution in [0.2, 0.25) is 0 Å². The molecule has 0 aromatic rings. The molecule has 0 saturated carbocycles. The summed E-state index contributed by atoms with van der Waals surface area (Å²) in [6.07, 6.45) is 0. The molecule has 300 valence electrons. The lowest BCUT2D eigenvalue weighted by atomic mass is 10.3. The number of esters is 2. The Labute approximate surface area is 300 Å². The van der Waals surface area contributed by atoms with Crippen molar-refractivity contribution in [1.82, 2.24) is 29.4 Å². The minimum Gasteiger partial charge on any atom is -0.480 e. The summed E-state index contributed by atoms with van der Waals surface area (Å²) >= 11 is 0. The predicted molar refractivity (Wildman–Crippen MR) is 171 cm³/mol. The molecule has 0 bridgehead atoms. The van der Waals surface area contributed by atoms with Crippen LogP contribution in [0.4, 0.5) is 0 Å². The van der Waals surface area contributed by atoms with Gasteiger partial charge in [0.05, 0.1) is 65.4 Å². The highest BCUT2D eigenvalue weighted by Crippen LogP contribution is 2.01. The molecular formula is C28H44N6O19. The lowest BCUT2D eigenvalue weighted by Gasteiger charge is -2.28. The third-order valence-corrected chi connectivity index (χ3v) is 6.73. The lowest BCUT2D eigenvalue weighted by Crippen LogP contribution is -2.46.